The molecule has 0 amide bonds. The van der Waals surface area contributed by atoms with Crippen LogP contribution in [0.1, 0.15) is 5.56 Å². The van der Waals surface area contributed by atoms with Crippen LogP contribution < -0.4 is 15.8 Å². The Morgan fingerprint density at radius 3 is 2.30 bits per heavy atom. The van der Waals surface area contributed by atoms with Gasteiger partial charge in [-0.15, -0.1) is 0 Å². The number of methoxy groups -OCH3 is 1. The third-order valence-corrected chi connectivity index (χ3v) is 2.84. The average molecular weight is 282 g/mol. The quantitative estimate of drug-likeness (QED) is 0.843. The van der Waals surface area contributed by atoms with E-state index in [2.05, 4.69) is 5.32 Å². The number of halogens is 3. The van der Waals surface area contributed by atoms with Crippen molar-refractivity contribution in [2.45, 2.75) is 6.92 Å². The number of ether oxygens (including phenoxy) is 1. The van der Waals surface area contributed by atoms with Gasteiger partial charge < -0.3 is 15.8 Å². The number of anilines is 3. The van der Waals surface area contributed by atoms with Crippen LogP contribution in [0, 0.1) is 24.4 Å². The lowest BCUT2D eigenvalue weighted by molar-refractivity contribution is 0.387. The molecule has 0 radical (unpaired) electrons. The van der Waals surface area contributed by atoms with Gasteiger partial charge in [0.2, 0.25) is 0 Å². The van der Waals surface area contributed by atoms with E-state index in [1.807, 2.05) is 0 Å². The highest BCUT2D eigenvalue weighted by atomic mass is 19.1. The van der Waals surface area contributed by atoms with E-state index in [9.17, 15) is 13.2 Å². The number of hydrogen-bond donors (Lipinski definition) is 2. The lowest BCUT2D eigenvalue weighted by atomic mass is 10.2. The summed E-state index contributed by atoms with van der Waals surface area (Å²) in [5.74, 6) is -1.87. The Morgan fingerprint density at radius 1 is 0.950 bits per heavy atom. The van der Waals surface area contributed by atoms with Gasteiger partial charge in [0.15, 0.2) is 11.6 Å². The van der Waals surface area contributed by atoms with Gasteiger partial charge in [-0.3, -0.25) is 0 Å². The van der Waals surface area contributed by atoms with Crippen molar-refractivity contribution >= 4 is 17.1 Å². The second-order valence-corrected chi connectivity index (χ2v) is 4.28. The third-order valence-electron chi connectivity index (χ3n) is 2.84. The van der Waals surface area contributed by atoms with Gasteiger partial charge in [-0.05, 0) is 18.6 Å². The highest BCUT2D eigenvalue weighted by Gasteiger charge is 2.12. The van der Waals surface area contributed by atoms with E-state index in [-0.39, 0.29) is 28.4 Å². The first-order valence-electron chi connectivity index (χ1n) is 5.78. The van der Waals surface area contributed by atoms with Crippen LogP contribution in [0.25, 0.3) is 0 Å². The second kappa shape index (κ2) is 5.32. The molecular formula is C14H13F3N2O. The Balaban J connectivity index is 2.42. The van der Waals surface area contributed by atoms with Gasteiger partial charge in [0.05, 0.1) is 24.2 Å². The first-order chi connectivity index (χ1) is 9.42. The van der Waals surface area contributed by atoms with Crippen LogP contribution in [-0.2, 0) is 0 Å². The fraction of sp³-hybridized carbons (Fsp3) is 0.143. The van der Waals surface area contributed by atoms with E-state index in [4.69, 9.17) is 10.5 Å². The van der Waals surface area contributed by atoms with Crippen LogP contribution in [0.15, 0.2) is 24.3 Å². The third kappa shape index (κ3) is 2.64. The molecule has 0 unspecified atom stereocenters. The summed E-state index contributed by atoms with van der Waals surface area (Å²) in [5.41, 5.74) is 6.03. The summed E-state index contributed by atoms with van der Waals surface area (Å²) in [7, 11) is 1.30. The second-order valence-electron chi connectivity index (χ2n) is 4.28. The topological polar surface area (TPSA) is 47.3 Å². The molecule has 0 saturated carbocycles. The maximum absolute atomic E-state index is 13.7. The van der Waals surface area contributed by atoms with E-state index in [1.165, 1.54) is 20.1 Å². The van der Waals surface area contributed by atoms with E-state index in [1.54, 1.807) is 0 Å². The summed E-state index contributed by atoms with van der Waals surface area (Å²) in [6, 6.07) is 4.40. The minimum absolute atomic E-state index is 0.0466. The van der Waals surface area contributed by atoms with E-state index < -0.39 is 17.5 Å². The molecule has 0 fully saturated rings. The largest absolute Gasteiger partial charge is 0.494 e. The van der Waals surface area contributed by atoms with Crippen LogP contribution in [0.5, 0.6) is 5.75 Å². The number of hydrogen-bond acceptors (Lipinski definition) is 3. The van der Waals surface area contributed by atoms with Crippen LogP contribution in [0.3, 0.4) is 0 Å². The number of nitrogen functional groups attached to an aromatic ring is 1. The Bertz CT molecular complexity index is 659. The van der Waals surface area contributed by atoms with Gasteiger partial charge in [-0.2, -0.15) is 0 Å². The molecule has 2 aromatic carbocycles. The molecule has 2 aromatic rings. The Hall–Kier alpha value is -2.37. The van der Waals surface area contributed by atoms with Crippen molar-refractivity contribution in [1.29, 1.82) is 0 Å². The van der Waals surface area contributed by atoms with Crippen molar-refractivity contribution in [2.24, 2.45) is 0 Å². The van der Waals surface area contributed by atoms with Gasteiger partial charge in [-0.1, -0.05) is 0 Å². The summed E-state index contributed by atoms with van der Waals surface area (Å²) in [4.78, 5) is 0. The molecule has 3 nitrogen and oxygen atoms in total. The van der Waals surface area contributed by atoms with Crippen LogP contribution in [0.2, 0.25) is 0 Å². The fourth-order valence-corrected chi connectivity index (χ4v) is 1.72. The van der Waals surface area contributed by atoms with Gasteiger partial charge in [0, 0.05) is 18.2 Å². The molecule has 0 spiro atoms. The number of nitrogens with two attached hydrogens (primary N) is 1. The Labute approximate surface area is 114 Å². The molecule has 6 heteroatoms. The first-order valence-corrected chi connectivity index (χ1v) is 5.78. The predicted molar refractivity (Wildman–Crippen MR) is 71.7 cm³/mol. The van der Waals surface area contributed by atoms with Crippen molar-refractivity contribution in [3.05, 3.63) is 47.3 Å². The minimum Gasteiger partial charge on any atom is -0.494 e. The smallest absolute Gasteiger partial charge is 0.167 e. The molecule has 2 rings (SSSR count). The molecule has 0 aliphatic heterocycles. The summed E-state index contributed by atoms with van der Waals surface area (Å²) < 4.78 is 45.4. The molecule has 106 valence electrons. The van der Waals surface area contributed by atoms with Crippen molar-refractivity contribution in [1.82, 2.24) is 0 Å². The zero-order valence-electron chi connectivity index (χ0n) is 10.9. The molecule has 20 heavy (non-hydrogen) atoms. The molecule has 0 saturated heterocycles. The molecule has 0 aliphatic rings. The van der Waals surface area contributed by atoms with Crippen molar-refractivity contribution in [2.75, 3.05) is 18.2 Å². The molecule has 0 heterocycles. The molecular weight excluding hydrogens is 269 g/mol. The van der Waals surface area contributed by atoms with Crippen molar-refractivity contribution in [3.63, 3.8) is 0 Å². The van der Waals surface area contributed by atoms with Crippen LogP contribution in [-0.4, -0.2) is 7.11 Å². The lowest BCUT2D eigenvalue weighted by Crippen LogP contribution is -2.01. The highest BCUT2D eigenvalue weighted by Crippen LogP contribution is 2.31. The summed E-state index contributed by atoms with van der Waals surface area (Å²) in [6.07, 6.45) is 0. The Kier molecular flexibility index (Phi) is 3.74. The normalized spacial score (nSPS) is 10.4. The average Bonchev–Trinajstić information content (AvgIpc) is 2.38. The van der Waals surface area contributed by atoms with E-state index in [0.29, 0.717) is 0 Å². The molecule has 3 N–H and O–H groups in total. The van der Waals surface area contributed by atoms with Gasteiger partial charge in [-0.25, -0.2) is 13.2 Å². The summed E-state index contributed by atoms with van der Waals surface area (Å²) in [6.45, 7) is 1.46. The summed E-state index contributed by atoms with van der Waals surface area (Å²) >= 11 is 0. The van der Waals surface area contributed by atoms with Gasteiger partial charge in [0.25, 0.3) is 0 Å². The van der Waals surface area contributed by atoms with E-state index in [0.717, 1.165) is 18.2 Å². The van der Waals surface area contributed by atoms with Gasteiger partial charge >= 0.3 is 0 Å². The SMILES string of the molecule is COc1cc(Nc2cc(F)c(C)cc2F)c(N)cc1F. The predicted octanol–water partition coefficient (Wildman–Crippen LogP) is 3.75. The van der Waals surface area contributed by atoms with Crippen molar-refractivity contribution in [3.8, 4) is 5.75 Å². The zero-order valence-corrected chi connectivity index (χ0v) is 10.9. The molecule has 0 atom stereocenters. The van der Waals surface area contributed by atoms with Crippen LogP contribution in [0.4, 0.5) is 30.2 Å². The highest BCUT2D eigenvalue weighted by molar-refractivity contribution is 5.74. The standard InChI is InChI=1S/C14H13F3N2O/c1-7-3-9(16)12(5-8(7)15)19-13-6-14(20-2)10(17)4-11(13)18/h3-6,19H,18H2,1-2H3. The zero-order chi connectivity index (χ0) is 14.9. The van der Waals surface area contributed by atoms with Crippen molar-refractivity contribution < 1.29 is 17.9 Å². The maximum atomic E-state index is 13.7. The molecule has 0 aromatic heterocycles. The number of aryl methyl sites for hydroxylation is 1. The van der Waals surface area contributed by atoms with Crippen LogP contribution >= 0.6 is 0 Å². The Morgan fingerprint density at radius 2 is 1.65 bits per heavy atom. The monoisotopic (exact) mass is 282 g/mol. The molecule has 0 bridgehead atoms. The number of benzene rings is 2. The number of rotatable bonds is 3. The lowest BCUT2D eigenvalue weighted by Gasteiger charge is -2.13. The maximum Gasteiger partial charge on any atom is 0.167 e. The number of nitrogens with one attached hydrogen (secondary N) is 1. The van der Waals surface area contributed by atoms with E-state index >= 15 is 0 Å². The summed E-state index contributed by atoms with van der Waals surface area (Å²) in [5, 5.41) is 2.62. The van der Waals surface area contributed by atoms with Gasteiger partial charge in [0.1, 0.15) is 11.6 Å². The minimum atomic E-state index is -0.633. The first kappa shape index (κ1) is 14.0. The fourth-order valence-electron chi connectivity index (χ4n) is 1.72. The molecule has 0 aliphatic carbocycles.